The highest BCUT2D eigenvalue weighted by atomic mass is 32.2. The van der Waals surface area contributed by atoms with E-state index in [0.717, 1.165) is 16.1 Å². The van der Waals surface area contributed by atoms with Gasteiger partial charge < -0.3 is 20.1 Å². The third kappa shape index (κ3) is 6.06. The smallest absolute Gasteiger partial charge is 0.263 e. The molecule has 4 aromatic rings. The molecule has 0 radical (unpaired) electrons. The molecule has 0 aliphatic rings. The van der Waals surface area contributed by atoms with Gasteiger partial charge in [0.1, 0.15) is 22.3 Å². The first-order chi connectivity index (χ1) is 17.6. The Balaban J connectivity index is 1.50. The van der Waals surface area contributed by atoms with Crippen molar-refractivity contribution < 1.29 is 19.1 Å². The van der Waals surface area contributed by atoms with Crippen LogP contribution in [-0.2, 0) is 4.79 Å². The highest BCUT2D eigenvalue weighted by molar-refractivity contribution is 8.00. The normalized spacial score (nSPS) is 11.3. The van der Waals surface area contributed by atoms with Crippen molar-refractivity contribution >= 4 is 35.0 Å². The van der Waals surface area contributed by atoms with Gasteiger partial charge in [0.25, 0.3) is 5.91 Å². The van der Waals surface area contributed by atoms with Crippen molar-refractivity contribution in [2.45, 2.75) is 10.1 Å². The molecule has 0 saturated carbocycles. The van der Waals surface area contributed by atoms with E-state index in [1.165, 1.54) is 26.0 Å². The number of rotatable bonds is 9. The van der Waals surface area contributed by atoms with Gasteiger partial charge in [-0.15, -0.1) is 11.8 Å². The molecule has 0 heterocycles. The molecule has 36 heavy (non-hydrogen) atoms. The van der Waals surface area contributed by atoms with E-state index in [1.54, 1.807) is 30.3 Å². The van der Waals surface area contributed by atoms with Gasteiger partial charge in [-0.1, -0.05) is 54.6 Å². The van der Waals surface area contributed by atoms with E-state index in [9.17, 15) is 9.59 Å². The number of ether oxygens (including phenoxy) is 2. The van der Waals surface area contributed by atoms with E-state index in [4.69, 9.17) is 9.47 Å². The molecule has 0 fully saturated rings. The van der Waals surface area contributed by atoms with Crippen LogP contribution in [-0.4, -0.2) is 26.0 Å². The van der Waals surface area contributed by atoms with Crippen molar-refractivity contribution in [1.82, 2.24) is 0 Å². The summed E-state index contributed by atoms with van der Waals surface area (Å²) in [6.45, 7) is 0. The maximum Gasteiger partial charge on any atom is 0.263 e. The summed E-state index contributed by atoms with van der Waals surface area (Å²) in [4.78, 5) is 27.0. The van der Waals surface area contributed by atoms with Gasteiger partial charge in [0.2, 0.25) is 5.91 Å². The number of methoxy groups -OCH3 is 2. The summed E-state index contributed by atoms with van der Waals surface area (Å²) in [6.07, 6.45) is 0. The fraction of sp³-hybridized carbons (Fsp3) is 0.103. The number of hydrogen-bond acceptors (Lipinski definition) is 5. The van der Waals surface area contributed by atoms with Gasteiger partial charge >= 0.3 is 0 Å². The summed E-state index contributed by atoms with van der Waals surface area (Å²) in [5.41, 5.74) is 2.58. The topological polar surface area (TPSA) is 76.7 Å². The average Bonchev–Trinajstić information content (AvgIpc) is 2.93. The molecule has 0 bridgehead atoms. The van der Waals surface area contributed by atoms with Crippen LogP contribution >= 0.6 is 11.8 Å². The summed E-state index contributed by atoms with van der Waals surface area (Å²) in [5.74, 6) is 0.399. The van der Waals surface area contributed by atoms with Crippen LogP contribution < -0.4 is 20.1 Å². The predicted molar refractivity (Wildman–Crippen MR) is 144 cm³/mol. The Bertz CT molecular complexity index is 1290. The number of carbonyl (C=O) groups is 2. The van der Waals surface area contributed by atoms with E-state index in [-0.39, 0.29) is 11.8 Å². The molecule has 1 atom stereocenters. The van der Waals surface area contributed by atoms with Crippen molar-refractivity contribution in [3.63, 3.8) is 0 Å². The molecule has 7 heteroatoms. The molecule has 1 unspecified atom stereocenters. The third-order valence-corrected chi connectivity index (χ3v) is 6.67. The van der Waals surface area contributed by atoms with Crippen LogP contribution in [0.2, 0.25) is 0 Å². The Morgan fingerprint density at radius 2 is 1.22 bits per heavy atom. The van der Waals surface area contributed by atoms with Crippen LogP contribution in [0.5, 0.6) is 11.5 Å². The molecular formula is C29H26N2O4S. The molecule has 0 spiro atoms. The lowest BCUT2D eigenvalue weighted by atomic mass is 10.1. The average molecular weight is 499 g/mol. The number of amides is 2. The first-order valence-electron chi connectivity index (χ1n) is 11.3. The largest absolute Gasteiger partial charge is 0.496 e. The zero-order chi connectivity index (χ0) is 25.3. The van der Waals surface area contributed by atoms with Crippen LogP contribution in [0.1, 0.15) is 21.2 Å². The van der Waals surface area contributed by atoms with Crippen LogP contribution in [0.4, 0.5) is 11.4 Å². The first kappa shape index (κ1) is 24.9. The van der Waals surface area contributed by atoms with Crippen LogP contribution in [0.3, 0.4) is 0 Å². The van der Waals surface area contributed by atoms with Gasteiger partial charge in [0, 0.05) is 16.3 Å². The van der Waals surface area contributed by atoms with Crippen molar-refractivity contribution in [3.05, 3.63) is 114 Å². The number of para-hydroxylation sites is 1. The monoisotopic (exact) mass is 498 g/mol. The Labute approximate surface area is 214 Å². The highest BCUT2D eigenvalue weighted by Gasteiger charge is 2.23. The standard InChI is InChI=1S/C29H26N2O4S/c1-34-24-14-9-15-25(35-2)26(24)28(32)30-22-16-18-23(19-17-22)36-27(20-10-5-3-6-11-20)29(33)31-21-12-7-4-8-13-21/h3-19,27H,1-2H3,(H,30,32)(H,31,33). The minimum atomic E-state index is -0.454. The van der Waals surface area contributed by atoms with Crippen LogP contribution in [0, 0.1) is 0 Å². The Morgan fingerprint density at radius 1 is 0.667 bits per heavy atom. The van der Waals surface area contributed by atoms with Crippen molar-refractivity contribution in [2.75, 3.05) is 24.9 Å². The van der Waals surface area contributed by atoms with Gasteiger partial charge in [-0.3, -0.25) is 9.59 Å². The van der Waals surface area contributed by atoms with Gasteiger partial charge in [-0.2, -0.15) is 0 Å². The van der Waals surface area contributed by atoms with E-state index < -0.39 is 5.25 Å². The minimum absolute atomic E-state index is 0.113. The molecule has 182 valence electrons. The molecule has 2 amide bonds. The molecule has 4 aromatic carbocycles. The Hall–Kier alpha value is -4.23. The van der Waals surface area contributed by atoms with Crippen LogP contribution in [0.25, 0.3) is 0 Å². The lowest BCUT2D eigenvalue weighted by Gasteiger charge is -2.17. The Morgan fingerprint density at radius 3 is 1.81 bits per heavy atom. The van der Waals surface area contributed by atoms with Crippen molar-refractivity contribution in [1.29, 1.82) is 0 Å². The van der Waals surface area contributed by atoms with Crippen molar-refractivity contribution in [2.24, 2.45) is 0 Å². The second kappa shape index (κ2) is 12.0. The Kier molecular flexibility index (Phi) is 8.26. The number of anilines is 2. The predicted octanol–water partition coefficient (Wildman–Crippen LogP) is 6.43. The summed E-state index contributed by atoms with van der Waals surface area (Å²) < 4.78 is 10.7. The van der Waals surface area contributed by atoms with E-state index in [0.29, 0.717) is 22.7 Å². The number of benzene rings is 4. The zero-order valence-electron chi connectivity index (χ0n) is 19.9. The van der Waals surface area contributed by atoms with E-state index >= 15 is 0 Å². The summed E-state index contributed by atoms with van der Waals surface area (Å²) in [6, 6.07) is 31.6. The molecule has 4 rings (SSSR count). The number of thioether (sulfide) groups is 1. The summed E-state index contributed by atoms with van der Waals surface area (Å²) in [5, 5.41) is 5.43. The number of nitrogens with one attached hydrogen (secondary N) is 2. The number of carbonyl (C=O) groups excluding carboxylic acids is 2. The fourth-order valence-corrected chi connectivity index (χ4v) is 4.68. The minimum Gasteiger partial charge on any atom is -0.496 e. The van der Waals surface area contributed by atoms with Crippen molar-refractivity contribution in [3.8, 4) is 11.5 Å². The molecule has 0 saturated heterocycles. The molecule has 0 aliphatic heterocycles. The van der Waals surface area contributed by atoms with Crippen LogP contribution in [0.15, 0.2) is 108 Å². The second-order valence-electron chi connectivity index (χ2n) is 7.78. The van der Waals surface area contributed by atoms with E-state index in [2.05, 4.69) is 10.6 Å². The second-order valence-corrected chi connectivity index (χ2v) is 8.96. The maximum atomic E-state index is 13.2. The highest BCUT2D eigenvalue weighted by Crippen LogP contribution is 2.37. The molecule has 0 aromatic heterocycles. The maximum absolute atomic E-state index is 13.2. The van der Waals surface area contributed by atoms with E-state index in [1.807, 2.05) is 72.8 Å². The SMILES string of the molecule is COc1cccc(OC)c1C(=O)Nc1ccc(SC(C(=O)Nc2ccccc2)c2ccccc2)cc1. The lowest BCUT2D eigenvalue weighted by Crippen LogP contribution is -2.19. The van der Waals surface area contributed by atoms with Gasteiger partial charge in [0.05, 0.1) is 14.2 Å². The van der Waals surface area contributed by atoms with Gasteiger partial charge in [-0.25, -0.2) is 0 Å². The molecule has 0 aliphatic carbocycles. The lowest BCUT2D eigenvalue weighted by molar-refractivity contribution is -0.115. The quantitative estimate of drug-likeness (QED) is 0.260. The summed E-state index contributed by atoms with van der Waals surface area (Å²) >= 11 is 1.44. The number of hydrogen-bond donors (Lipinski definition) is 2. The van der Waals surface area contributed by atoms with Gasteiger partial charge in [-0.05, 0) is 54.1 Å². The fourth-order valence-electron chi connectivity index (χ4n) is 3.65. The van der Waals surface area contributed by atoms with Gasteiger partial charge in [0.15, 0.2) is 0 Å². The zero-order valence-corrected chi connectivity index (χ0v) is 20.8. The molecular weight excluding hydrogens is 472 g/mol. The molecule has 6 nitrogen and oxygen atoms in total. The third-order valence-electron chi connectivity index (χ3n) is 5.40. The summed E-state index contributed by atoms with van der Waals surface area (Å²) in [7, 11) is 3.02. The molecule has 2 N–H and O–H groups in total. The first-order valence-corrected chi connectivity index (χ1v) is 12.2.